The number of carbonyl (C=O) groups is 2. The highest BCUT2D eigenvalue weighted by atomic mass is 35.5. The predicted molar refractivity (Wildman–Crippen MR) is 74.0 cm³/mol. The smallest absolute Gasteiger partial charge is 0.314 e. The zero-order chi connectivity index (χ0) is 14.4. The van der Waals surface area contributed by atoms with Gasteiger partial charge in [0.1, 0.15) is 5.82 Å². The highest BCUT2D eigenvalue weighted by Gasteiger charge is 2.13. The molecule has 2 rings (SSSR count). The third-order valence-corrected chi connectivity index (χ3v) is 2.56. The lowest BCUT2D eigenvalue weighted by Gasteiger charge is -2.05. The van der Waals surface area contributed by atoms with Gasteiger partial charge in [-0.2, -0.15) is 0 Å². The molecule has 0 aromatic carbocycles. The maximum Gasteiger partial charge on any atom is 0.314 e. The normalized spacial score (nSPS) is 9.85. The lowest BCUT2D eigenvalue weighted by atomic mass is 10.3. The van der Waals surface area contributed by atoms with E-state index in [1.165, 1.54) is 12.3 Å². The largest absolute Gasteiger partial charge is 0.342 e. The summed E-state index contributed by atoms with van der Waals surface area (Å²) >= 11 is 5.67. The number of halogens is 1. The van der Waals surface area contributed by atoms with Gasteiger partial charge >= 0.3 is 11.8 Å². The summed E-state index contributed by atoms with van der Waals surface area (Å²) in [6.07, 6.45) is 2.99. The van der Waals surface area contributed by atoms with Gasteiger partial charge in [-0.05, 0) is 24.3 Å². The predicted octanol–water partition coefficient (Wildman–Crippen LogP) is 1.38. The molecule has 0 atom stereocenters. The van der Waals surface area contributed by atoms with E-state index in [0.29, 0.717) is 10.7 Å². The number of nitrogens with zero attached hydrogens (tertiary/aromatic N) is 2. The van der Waals surface area contributed by atoms with Crippen molar-refractivity contribution in [3.05, 3.63) is 53.4 Å². The fraction of sp³-hybridized carbons (Fsp3) is 0.0769. The average Bonchev–Trinajstić information content (AvgIpc) is 2.48. The molecule has 0 aliphatic heterocycles. The van der Waals surface area contributed by atoms with Crippen molar-refractivity contribution in [1.82, 2.24) is 15.3 Å². The van der Waals surface area contributed by atoms with Gasteiger partial charge in [-0.15, -0.1) is 0 Å². The van der Waals surface area contributed by atoms with E-state index in [0.717, 1.165) is 0 Å². The second-order valence-corrected chi connectivity index (χ2v) is 4.26. The van der Waals surface area contributed by atoms with Crippen molar-refractivity contribution in [2.24, 2.45) is 0 Å². The first kappa shape index (κ1) is 14.0. The first-order valence-corrected chi connectivity index (χ1v) is 6.13. The molecule has 2 heterocycles. The second-order valence-electron chi connectivity index (χ2n) is 3.82. The Bertz CT molecular complexity index is 602. The van der Waals surface area contributed by atoms with Crippen molar-refractivity contribution in [2.45, 2.75) is 6.54 Å². The van der Waals surface area contributed by atoms with E-state index in [-0.39, 0.29) is 12.4 Å². The molecular formula is C13H11ClN4O2. The lowest BCUT2D eigenvalue weighted by Crippen LogP contribution is -2.35. The van der Waals surface area contributed by atoms with Crippen molar-refractivity contribution in [3.8, 4) is 0 Å². The zero-order valence-electron chi connectivity index (χ0n) is 10.3. The van der Waals surface area contributed by atoms with E-state index < -0.39 is 11.8 Å². The van der Waals surface area contributed by atoms with Gasteiger partial charge < -0.3 is 10.6 Å². The van der Waals surface area contributed by atoms with Crippen LogP contribution in [0, 0.1) is 0 Å². The van der Waals surface area contributed by atoms with Crippen molar-refractivity contribution in [3.63, 3.8) is 0 Å². The molecule has 0 saturated heterocycles. The van der Waals surface area contributed by atoms with Gasteiger partial charge in [0, 0.05) is 12.4 Å². The van der Waals surface area contributed by atoms with Crippen LogP contribution in [0.2, 0.25) is 5.02 Å². The molecule has 2 aromatic rings. The van der Waals surface area contributed by atoms with Crippen LogP contribution < -0.4 is 10.6 Å². The Hall–Kier alpha value is -2.47. The molecular weight excluding hydrogens is 280 g/mol. The van der Waals surface area contributed by atoms with Crippen LogP contribution >= 0.6 is 11.6 Å². The van der Waals surface area contributed by atoms with Crippen molar-refractivity contribution in [2.75, 3.05) is 5.32 Å². The summed E-state index contributed by atoms with van der Waals surface area (Å²) < 4.78 is 0. The number of carbonyl (C=O) groups excluding carboxylic acids is 2. The first-order chi connectivity index (χ1) is 9.65. The van der Waals surface area contributed by atoms with Crippen molar-refractivity contribution in [1.29, 1.82) is 0 Å². The summed E-state index contributed by atoms with van der Waals surface area (Å²) in [6.45, 7) is 0.182. The van der Waals surface area contributed by atoms with Gasteiger partial charge in [-0.25, -0.2) is 4.98 Å². The molecule has 7 heteroatoms. The third-order valence-electron chi connectivity index (χ3n) is 2.33. The maximum absolute atomic E-state index is 11.6. The summed E-state index contributed by atoms with van der Waals surface area (Å²) in [5.41, 5.74) is 0.665. The number of hydrogen-bond donors (Lipinski definition) is 2. The average molecular weight is 291 g/mol. The van der Waals surface area contributed by atoms with Crippen LogP contribution in [-0.4, -0.2) is 21.8 Å². The first-order valence-electron chi connectivity index (χ1n) is 5.76. The van der Waals surface area contributed by atoms with Gasteiger partial charge in [0.2, 0.25) is 0 Å². The van der Waals surface area contributed by atoms with Crippen molar-refractivity contribution >= 4 is 29.2 Å². The minimum atomic E-state index is -0.796. The monoisotopic (exact) mass is 290 g/mol. The maximum atomic E-state index is 11.6. The molecule has 20 heavy (non-hydrogen) atoms. The Balaban J connectivity index is 1.86. The summed E-state index contributed by atoms with van der Waals surface area (Å²) in [5.74, 6) is -1.30. The summed E-state index contributed by atoms with van der Waals surface area (Å²) in [4.78, 5) is 31.1. The molecule has 0 fully saturated rings. The van der Waals surface area contributed by atoms with Crippen LogP contribution in [0.15, 0.2) is 42.7 Å². The van der Waals surface area contributed by atoms with Crippen molar-refractivity contribution < 1.29 is 9.59 Å². The Morgan fingerprint density at radius 1 is 1.10 bits per heavy atom. The second kappa shape index (κ2) is 6.63. The molecule has 0 unspecified atom stereocenters. The van der Waals surface area contributed by atoms with E-state index >= 15 is 0 Å². The highest BCUT2D eigenvalue weighted by molar-refractivity contribution is 6.39. The van der Waals surface area contributed by atoms with Crippen LogP contribution in [0.4, 0.5) is 5.82 Å². The molecule has 0 spiro atoms. The Labute approximate surface area is 120 Å². The number of aromatic nitrogens is 2. The van der Waals surface area contributed by atoms with Crippen LogP contribution in [-0.2, 0) is 16.1 Å². The molecule has 0 aliphatic carbocycles. The number of rotatable bonds is 3. The van der Waals surface area contributed by atoms with Gasteiger partial charge in [-0.3, -0.25) is 14.6 Å². The van der Waals surface area contributed by atoms with Crippen LogP contribution in [0.5, 0.6) is 0 Å². The molecule has 2 aromatic heterocycles. The quantitative estimate of drug-likeness (QED) is 0.837. The van der Waals surface area contributed by atoms with Gasteiger partial charge in [0.25, 0.3) is 0 Å². The fourth-order valence-electron chi connectivity index (χ4n) is 1.38. The Kier molecular flexibility index (Phi) is 4.62. The molecule has 2 N–H and O–H groups in total. The summed E-state index contributed by atoms with van der Waals surface area (Å²) in [7, 11) is 0. The van der Waals surface area contributed by atoms with Crippen LogP contribution in [0.25, 0.3) is 0 Å². The zero-order valence-corrected chi connectivity index (χ0v) is 11.1. The molecule has 0 radical (unpaired) electrons. The van der Waals surface area contributed by atoms with E-state index in [4.69, 9.17) is 11.6 Å². The number of nitrogens with one attached hydrogen (secondary N) is 2. The van der Waals surface area contributed by atoms with E-state index in [9.17, 15) is 9.59 Å². The molecule has 0 bridgehead atoms. The standard InChI is InChI=1S/C13H11ClN4O2/c14-9-4-5-11(16-7-9)18-13(20)12(19)17-8-10-3-1-2-6-15-10/h1-7H,8H2,(H,17,19)(H,16,18,20). The third kappa shape index (κ3) is 4.03. The SMILES string of the molecule is O=C(NCc1ccccn1)C(=O)Nc1ccc(Cl)cn1. The highest BCUT2D eigenvalue weighted by Crippen LogP contribution is 2.09. The topological polar surface area (TPSA) is 84.0 Å². The van der Waals surface area contributed by atoms with Gasteiger partial charge in [-0.1, -0.05) is 17.7 Å². The van der Waals surface area contributed by atoms with E-state index in [1.54, 1.807) is 30.5 Å². The van der Waals surface area contributed by atoms with Crippen LogP contribution in [0.1, 0.15) is 5.69 Å². The fourth-order valence-corrected chi connectivity index (χ4v) is 1.49. The molecule has 102 valence electrons. The molecule has 6 nitrogen and oxygen atoms in total. The van der Waals surface area contributed by atoms with E-state index in [1.807, 2.05) is 0 Å². The molecule has 0 aliphatic rings. The minimum absolute atomic E-state index is 0.182. The van der Waals surface area contributed by atoms with Gasteiger partial charge in [0.15, 0.2) is 0 Å². The Morgan fingerprint density at radius 2 is 1.95 bits per heavy atom. The molecule has 2 amide bonds. The lowest BCUT2D eigenvalue weighted by molar-refractivity contribution is -0.136. The minimum Gasteiger partial charge on any atom is -0.342 e. The number of amides is 2. The summed E-state index contributed by atoms with van der Waals surface area (Å²) in [5, 5.41) is 5.27. The number of pyridine rings is 2. The van der Waals surface area contributed by atoms with E-state index in [2.05, 4.69) is 20.6 Å². The summed E-state index contributed by atoms with van der Waals surface area (Å²) in [6, 6.07) is 8.39. The number of hydrogen-bond acceptors (Lipinski definition) is 4. The Morgan fingerprint density at radius 3 is 2.60 bits per heavy atom. The van der Waals surface area contributed by atoms with Crippen LogP contribution in [0.3, 0.4) is 0 Å². The van der Waals surface area contributed by atoms with Gasteiger partial charge in [0.05, 0.1) is 17.3 Å². The number of anilines is 1. The molecule has 0 saturated carbocycles.